The second-order valence-electron chi connectivity index (χ2n) is 3.19. The Morgan fingerprint density at radius 3 is 2.60 bits per heavy atom. The lowest BCUT2D eigenvalue weighted by molar-refractivity contribution is 0.394. The highest BCUT2D eigenvalue weighted by Gasteiger charge is 2.12. The van der Waals surface area contributed by atoms with Crippen molar-refractivity contribution in [3.8, 4) is 11.5 Å². The van der Waals surface area contributed by atoms with Crippen LogP contribution in [0.3, 0.4) is 0 Å². The van der Waals surface area contributed by atoms with Gasteiger partial charge in [-0.05, 0) is 24.6 Å². The van der Waals surface area contributed by atoms with E-state index in [1.54, 1.807) is 14.2 Å². The molecular formula is C11H16ClNO2. The standard InChI is InChI=1S/C11H16ClNO2/c1-14-8-3-4-11(15-2)9(7-8)10(13)5-6-12/h3-4,7,10H,5-6,13H2,1-2H3. The number of halogens is 1. The van der Waals surface area contributed by atoms with Gasteiger partial charge in [0.2, 0.25) is 0 Å². The Morgan fingerprint density at radius 2 is 2.07 bits per heavy atom. The Hall–Kier alpha value is -0.930. The van der Waals surface area contributed by atoms with Crippen LogP contribution in [0.1, 0.15) is 18.0 Å². The van der Waals surface area contributed by atoms with Crippen LogP contribution >= 0.6 is 11.6 Å². The molecule has 15 heavy (non-hydrogen) atoms. The predicted octanol–water partition coefficient (Wildman–Crippen LogP) is 2.33. The summed E-state index contributed by atoms with van der Waals surface area (Å²) < 4.78 is 10.4. The van der Waals surface area contributed by atoms with Gasteiger partial charge < -0.3 is 15.2 Å². The molecule has 1 aromatic rings. The fourth-order valence-corrected chi connectivity index (χ4v) is 1.64. The predicted molar refractivity (Wildman–Crippen MR) is 61.8 cm³/mol. The van der Waals surface area contributed by atoms with Gasteiger partial charge in [0.15, 0.2) is 0 Å². The highest BCUT2D eigenvalue weighted by molar-refractivity contribution is 6.17. The molecule has 0 bridgehead atoms. The van der Waals surface area contributed by atoms with Crippen molar-refractivity contribution < 1.29 is 9.47 Å². The van der Waals surface area contributed by atoms with E-state index in [4.69, 9.17) is 26.8 Å². The fourth-order valence-electron chi connectivity index (χ4n) is 1.40. The lowest BCUT2D eigenvalue weighted by Crippen LogP contribution is -2.12. The molecule has 0 aliphatic rings. The van der Waals surface area contributed by atoms with Gasteiger partial charge in [-0.3, -0.25) is 0 Å². The molecule has 0 radical (unpaired) electrons. The molecule has 84 valence electrons. The van der Waals surface area contributed by atoms with Gasteiger partial charge in [0.25, 0.3) is 0 Å². The van der Waals surface area contributed by atoms with Crippen LogP contribution in [0.15, 0.2) is 18.2 Å². The first-order valence-corrected chi connectivity index (χ1v) is 5.29. The van der Waals surface area contributed by atoms with Crippen LogP contribution in [-0.4, -0.2) is 20.1 Å². The van der Waals surface area contributed by atoms with Crippen molar-refractivity contribution >= 4 is 11.6 Å². The summed E-state index contributed by atoms with van der Waals surface area (Å²) in [4.78, 5) is 0. The lowest BCUT2D eigenvalue weighted by Gasteiger charge is -2.15. The van der Waals surface area contributed by atoms with E-state index in [9.17, 15) is 0 Å². The van der Waals surface area contributed by atoms with Gasteiger partial charge in [-0.15, -0.1) is 11.6 Å². The van der Waals surface area contributed by atoms with Crippen LogP contribution < -0.4 is 15.2 Å². The van der Waals surface area contributed by atoms with E-state index in [0.717, 1.165) is 17.1 Å². The third-order valence-electron chi connectivity index (χ3n) is 2.26. The molecule has 0 saturated heterocycles. The maximum Gasteiger partial charge on any atom is 0.123 e. The summed E-state index contributed by atoms with van der Waals surface area (Å²) in [6.45, 7) is 0. The Balaban J connectivity index is 3.00. The fraction of sp³-hybridized carbons (Fsp3) is 0.455. The van der Waals surface area contributed by atoms with Gasteiger partial charge in [0, 0.05) is 17.5 Å². The first-order chi connectivity index (χ1) is 7.22. The Bertz CT molecular complexity index is 317. The van der Waals surface area contributed by atoms with Crippen molar-refractivity contribution in [3.05, 3.63) is 23.8 Å². The first-order valence-electron chi connectivity index (χ1n) is 4.76. The van der Waals surface area contributed by atoms with Crippen LogP contribution in [0.5, 0.6) is 11.5 Å². The van der Waals surface area contributed by atoms with Crippen LogP contribution in [0.25, 0.3) is 0 Å². The molecule has 0 aliphatic carbocycles. The summed E-state index contributed by atoms with van der Waals surface area (Å²) in [5.74, 6) is 2.07. The number of hydrogen-bond acceptors (Lipinski definition) is 3. The highest BCUT2D eigenvalue weighted by Crippen LogP contribution is 2.29. The van der Waals surface area contributed by atoms with Gasteiger partial charge in [-0.25, -0.2) is 0 Å². The Labute approximate surface area is 95.1 Å². The van der Waals surface area contributed by atoms with Crippen LogP contribution in [0, 0.1) is 0 Å². The van der Waals surface area contributed by atoms with Crippen LogP contribution in [0.4, 0.5) is 0 Å². The monoisotopic (exact) mass is 229 g/mol. The maximum atomic E-state index is 5.99. The summed E-state index contributed by atoms with van der Waals surface area (Å²) in [5.41, 5.74) is 6.91. The smallest absolute Gasteiger partial charge is 0.123 e. The topological polar surface area (TPSA) is 44.5 Å². The van der Waals surface area contributed by atoms with Gasteiger partial charge in [0.1, 0.15) is 11.5 Å². The second kappa shape index (κ2) is 5.83. The molecule has 0 aromatic heterocycles. The summed E-state index contributed by atoms with van der Waals surface area (Å²) in [6, 6.07) is 5.46. The van der Waals surface area contributed by atoms with E-state index < -0.39 is 0 Å². The second-order valence-corrected chi connectivity index (χ2v) is 3.57. The molecule has 3 nitrogen and oxygen atoms in total. The molecule has 0 saturated carbocycles. The van der Waals surface area contributed by atoms with E-state index in [1.807, 2.05) is 18.2 Å². The van der Waals surface area contributed by atoms with E-state index in [1.165, 1.54) is 0 Å². The number of methoxy groups -OCH3 is 2. The van der Waals surface area contributed by atoms with Crippen molar-refractivity contribution in [3.63, 3.8) is 0 Å². The molecule has 0 spiro atoms. The van der Waals surface area contributed by atoms with Crippen molar-refractivity contribution in [1.82, 2.24) is 0 Å². The Morgan fingerprint density at radius 1 is 1.33 bits per heavy atom. The first kappa shape index (κ1) is 12.1. The van der Waals surface area contributed by atoms with Gasteiger partial charge in [-0.2, -0.15) is 0 Å². The molecule has 1 unspecified atom stereocenters. The van der Waals surface area contributed by atoms with Gasteiger partial charge in [0.05, 0.1) is 14.2 Å². The van der Waals surface area contributed by atoms with Crippen LogP contribution in [-0.2, 0) is 0 Å². The van der Waals surface area contributed by atoms with Crippen LogP contribution in [0.2, 0.25) is 0 Å². The number of ether oxygens (including phenoxy) is 2. The van der Waals surface area contributed by atoms with Crippen molar-refractivity contribution in [2.45, 2.75) is 12.5 Å². The van der Waals surface area contributed by atoms with E-state index in [-0.39, 0.29) is 6.04 Å². The molecule has 0 aliphatic heterocycles. The molecule has 1 rings (SSSR count). The van der Waals surface area contributed by atoms with E-state index >= 15 is 0 Å². The molecule has 1 atom stereocenters. The highest BCUT2D eigenvalue weighted by atomic mass is 35.5. The maximum absolute atomic E-state index is 5.99. The zero-order chi connectivity index (χ0) is 11.3. The molecule has 0 amide bonds. The average Bonchev–Trinajstić information content (AvgIpc) is 2.28. The minimum Gasteiger partial charge on any atom is -0.497 e. The largest absolute Gasteiger partial charge is 0.497 e. The van der Waals surface area contributed by atoms with Crippen molar-refractivity contribution in [2.24, 2.45) is 5.73 Å². The van der Waals surface area contributed by atoms with Gasteiger partial charge in [-0.1, -0.05) is 0 Å². The third kappa shape index (κ3) is 3.01. The minimum atomic E-state index is -0.118. The van der Waals surface area contributed by atoms with E-state index in [0.29, 0.717) is 12.3 Å². The minimum absolute atomic E-state index is 0.118. The number of benzene rings is 1. The molecule has 0 fully saturated rings. The number of alkyl halides is 1. The third-order valence-corrected chi connectivity index (χ3v) is 2.47. The van der Waals surface area contributed by atoms with Gasteiger partial charge >= 0.3 is 0 Å². The number of hydrogen-bond donors (Lipinski definition) is 1. The molecule has 4 heteroatoms. The summed E-state index contributed by atoms with van der Waals surface area (Å²) in [5, 5.41) is 0. The van der Waals surface area contributed by atoms with Crippen molar-refractivity contribution in [1.29, 1.82) is 0 Å². The number of nitrogens with two attached hydrogens (primary N) is 1. The number of rotatable bonds is 5. The summed E-state index contributed by atoms with van der Waals surface area (Å²) >= 11 is 5.66. The zero-order valence-corrected chi connectivity index (χ0v) is 9.75. The summed E-state index contributed by atoms with van der Waals surface area (Å²) in [7, 11) is 3.25. The lowest BCUT2D eigenvalue weighted by atomic mass is 10.0. The quantitative estimate of drug-likeness (QED) is 0.789. The average molecular weight is 230 g/mol. The summed E-state index contributed by atoms with van der Waals surface area (Å²) in [6.07, 6.45) is 0.713. The SMILES string of the molecule is COc1ccc(OC)c(C(N)CCCl)c1. The van der Waals surface area contributed by atoms with Crippen molar-refractivity contribution in [2.75, 3.05) is 20.1 Å². The normalized spacial score (nSPS) is 12.3. The molecule has 1 aromatic carbocycles. The molecular weight excluding hydrogens is 214 g/mol. The zero-order valence-electron chi connectivity index (χ0n) is 9.00. The van der Waals surface area contributed by atoms with E-state index in [2.05, 4.69) is 0 Å². The molecule has 0 heterocycles. The Kier molecular flexibility index (Phi) is 4.72. The molecule has 2 N–H and O–H groups in total.